The Bertz CT molecular complexity index is 584. The molecule has 0 unspecified atom stereocenters. The largest absolute Gasteiger partial charge is 0.496 e. The number of aromatic nitrogens is 2. The molecule has 2 aromatic rings. The summed E-state index contributed by atoms with van der Waals surface area (Å²) < 4.78 is 10.2. The second kappa shape index (κ2) is 5.95. The Kier molecular flexibility index (Phi) is 4.07. The van der Waals surface area contributed by atoms with Gasteiger partial charge in [-0.1, -0.05) is 12.1 Å². The molecule has 0 radical (unpaired) electrons. The van der Waals surface area contributed by atoms with E-state index in [1.807, 2.05) is 24.3 Å². The van der Waals surface area contributed by atoms with Crippen LogP contribution in [-0.2, 0) is 4.74 Å². The van der Waals surface area contributed by atoms with Crippen molar-refractivity contribution < 1.29 is 14.3 Å². The fourth-order valence-electron chi connectivity index (χ4n) is 1.66. The van der Waals surface area contributed by atoms with Crippen molar-refractivity contribution in [2.24, 2.45) is 0 Å². The van der Waals surface area contributed by atoms with Gasteiger partial charge in [-0.15, -0.1) is 0 Å². The van der Waals surface area contributed by atoms with Crippen LogP contribution >= 0.6 is 0 Å². The number of hydrogen-bond acceptors (Lipinski definition) is 5. The molecule has 0 atom stereocenters. The number of para-hydroxylation sites is 1. The molecule has 0 saturated heterocycles. The average Bonchev–Trinajstić information content (AvgIpc) is 2.47. The van der Waals surface area contributed by atoms with Crippen LogP contribution < -0.4 is 4.74 Å². The van der Waals surface area contributed by atoms with Crippen molar-refractivity contribution in [1.82, 2.24) is 9.97 Å². The topological polar surface area (TPSA) is 61.3 Å². The number of benzene rings is 1. The number of carbonyl (C=O) groups excluding carboxylic acids is 1. The minimum Gasteiger partial charge on any atom is -0.496 e. The lowest BCUT2D eigenvalue weighted by Crippen LogP contribution is -2.09. The molecule has 1 aromatic carbocycles. The van der Waals surface area contributed by atoms with Crippen LogP contribution in [0, 0.1) is 0 Å². The Morgan fingerprint density at radius 1 is 1.26 bits per heavy atom. The summed E-state index contributed by atoms with van der Waals surface area (Å²) in [6, 6.07) is 9.18. The Morgan fingerprint density at radius 2 is 2.05 bits per heavy atom. The van der Waals surface area contributed by atoms with Crippen LogP contribution in [0.5, 0.6) is 5.75 Å². The van der Waals surface area contributed by atoms with Gasteiger partial charge >= 0.3 is 5.97 Å². The highest BCUT2D eigenvalue weighted by molar-refractivity contribution is 5.86. The van der Waals surface area contributed by atoms with E-state index >= 15 is 0 Å². The van der Waals surface area contributed by atoms with Crippen molar-refractivity contribution in [3.63, 3.8) is 0 Å². The summed E-state index contributed by atoms with van der Waals surface area (Å²) in [6.07, 6.45) is 1.53. The van der Waals surface area contributed by atoms with Gasteiger partial charge in [0.2, 0.25) is 5.82 Å². The molecule has 5 nitrogen and oxygen atoms in total. The average molecular weight is 258 g/mol. The second-order valence-electron chi connectivity index (χ2n) is 3.69. The highest BCUT2D eigenvalue weighted by atomic mass is 16.5. The summed E-state index contributed by atoms with van der Waals surface area (Å²) >= 11 is 0. The van der Waals surface area contributed by atoms with Crippen LogP contribution in [0.25, 0.3) is 11.3 Å². The molecule has 0 aliphatic rings. The first-order valence-corrected chi connectivity index (χ1v) is 5.89. The molecule has 0 fully saturated rings. The van der Waals surface area contributed by atoms with Gasteiger partial charge in [0.05, 0.1) is 19.4 Å². The van der Waals surface area contributed by atoms with Gasteiger partial charge in [-0.05, 0) is 25.1 Å². The molecule has 0 spiro atoms. The van der Waals surface area contributed by atoms with Gasteiger partial charge in [-0.25, -0.2) is 14.8 Å². The van der Waals surface area contributed by atoms with Crippen LogP contribution in [0.1, 0.15) is 17.5 Å². The molecule has 0 amide bonds. The third-order valence-corrected chi connectivity index (χ3v) is 2.50. The SMILES string of the molecule is CCOC(=O)c1nccc(-c2ccccc2OC)n1. The first-order chi connectivity index (χ1) is 9.26. The second-order valence-corrected chi connectivity index (χ2v) is 3.69. The summed E-state index contributed by atoms with van der Waals surface area (Å²) in [7, 11) is 1.59. The predicted octanol–water partition coefficient (Wildman–Crippen LogP) is 2.33. The number of methoxy groups -OCH3 is 1. The van der Waals surface area contributed by atoms with E-state index in [4.69, 9.17) is 9.47 Å². The van der Waals surface area contributed by atoms with Gasteiger partial charge < -0.3 is 9.47 Å². The lowest BCUT2D eigenvalue weighted by molar-refractivity contribution is 0.0512. The maximum Gasteiger partial charge on any atom is 0.376 e. The molecular formula is C14H14N2O3. The van der Waals surface area contributed by atoms with E-state index in [1.165, 1.54) is 6.20 Å². The minimum absolute atomic E-state index is 0.0465. The van der Waals surface area contributed by atoms with Crippen molar-refractivity contribution in [2.45, 2.75) is 6.92 Å². The monoisotopic (exact) mass is 258 g/mol. The van der Waals surface area contributed by atoms with E-state index in [0.717, 1.165) is 5.56 Å². The zero-order chi connectivity index (χ0) is 13.7. The van der Waals surface area contributed by atoms with Crippen LogP contribution in [0.15, 0.2) is 36.5 Å². The van der Waals surface area contributed by atoms with Gasteiger partial charge in [-0.2, -0.15) is 0 Å². The van der Waals surface area contributed by atoms with Crippen molar-refractivity contribution in [3.05, 3.63) is 42.4 Å². The zero-order valence-corrected chi connectivity index (χ0v) is 10.8. The van der Waals surface area contributed by atoms with E-state index < -0.39 is 5.97 Å². The summed E-state index contributed by atoms with van der Waals surface area (Å²) in [6.45, 7) is 2.03. The quantitative estimate of drug-likeness (QED) is 0.788. The van der Waals surface area contributed by atoms with E-state index in [9.17, 15) is 4.79 Å². The van der Waals surface area contributed by atoms with Crippen LogP contribution in [0.4, 0.5) is 0 Å². The third kappa shape index (κ3) is 2.88. The summed E-state index contributed by atoms with van der Waals surface area (Å²) in [4.78, 5) is 19.7. The fourth-order valence-corrected chi connectivity index (χ4v) is 1.66. The molecule has 0 aliphatic carbocycles. The fraction of sp³-hybridized carbons (Fsp3) is 0.214. The number of carbonyl (C=O) groups is 1. The Labute approximate surface area is 111 Å². The van der Waals surface area contributed by atoms with Crippen molar-refractivity contribution in [2.75, 3.05) is 13.7 Å². The summed E-state index contributed by atoms with van der Waals surface area (Å²) in [5, 5.41) is 0. The highest BCUT2D eigenvalue weighted by Crippen LogP contribution is 2.27. The predicted molar refractivity (Wildman–Crippen MR) is 70.0 cm³/mol. The molecule has 1 heterocycles. The molecule has 0 bridgehead atoms. The Morgan fingerprint density at radius 3 is 2.79 bits per heavy atom. The molecule has 5 heteroatoms. The number of esters is 1. The number of ether oxygens (including phenoxy) is 2. The smallest absolute Gasteiger partial charge is 0.376 e. The lowest BCUT2D eigenvalue weighted by Gasteiger charge is -2.08. The standard InChI is InChI=1S/C14H14N2O3/c1-3-19-14(17)13-15-9-8-11(16-13)10-6-4-5-7-12(10)18-2/h4-9H,3H2,1-2H3. The first-order valence-electron chi connectivity index (χ1n) is 5.89. The molecule has 0 aliphatic heterocycles. The maximum absolute atomic E-state index is 11.6. The van der Waals surface area contributed by atoms with Gasteiger partial charge in [0, 0.05) is 11.8 Å². The van der Waals surface area contributed by atoms with Crippen molar-refractivity contribution >= 4 is 5.97 Å². The van der Waals surface area contributed by atoms with Crippen molar-refractivity contribution in [1.29, 1.82) is 0 Å². The lowest BCUT2D eigenvalue weighted by atomic mass is 10.1. The van der Waals surface area contributed by atoms with E-state index in [0.29, 0.717) is 18.1 Å². The highest BCUT2D eigenvalue weighted by Gasteiger charge is 2.13. The Hall–Kier alpha value is -2.43. The molecule has 98 valence electrons. The summed E-state index contributed by atoms with van der Waals surface area (Å²) in [5.41, 5.74) is 1.42. The molecular weight excluding hydrogens is 244 g/mol. The normalized spacial score (nSPS) is 10.0. The van der Waals surface area contributed by atoms with Crippen LogP contribution in [0.3, 0.4) is 0 Å². The van der Waals surface area contributed by atoms with Crippen LogP contribution in [0.2, 0.25) is 0 Å². The van der Waals surface area contributed by atoms with E-state index in [1.54, 1.807) is 20.1 Å². The van der Waals surface area contributed by atoms with E-state index in [2.05, 4.69) is 9.97 Å². The number of rotatable bonds is 4. The molecule has 0 saturated carbocycles. The van der Waals surface area contributed by atoms with Crippen molar-refractivity contribution in [3.8, 4) is 17.0 Å². The van der Waals surface area contributed by atoms with Gasteiger partial charge in [-0.3, -0.25) is 0 Å². The number of hydrogen-bond donors (Lipinski definition) is 0. The Balaban J connectivity index is 2.40. The summed E-state index contributed by atoms with van der Waals surface area (Å²) in [5.74, 6) is 0.209. The molecule has 1 aromatic heterocycles. The van der Waals surface area contributed by atoms with Gasteiger partial charge in [0.15, 0.2) is 0 Å². The van der Waals surface area contributed by atoms with E-state index in [-0.39, 0.29) is 5.82 Å². The van der Waals surface area contributed by atoms with Gasteiger partial charge in [0.1, 0.15) is 5.75 Å². The zero-order valence-electron chi connectivity index (χ0n) is 10.8. The van der Waals surface area contributed by atoms with Crippen LogP contribution in [-0.4, -0.2) is 29.7 Å². The van der Waals surface area contributed by atoms with Gasteiger partial charge in [0.25, 0.3) is 0 Å². The molecule has 2 rings (SSSR count). The minimum atomic E-state index is -0.528. The third-order valence-electron chi connectivity index (χ3n) is 2.50. The first kappa shape index (κ1) is 13.0. The molecule has 0 N–H and O–H groups in total. The number of nitrogens with zero attached hydrogens (tertiary/aromatic N) is 2. The molecule has 19 heavy (non-hydrogen) atoms. The maximum atomic E-state index is 11.6.